The SMILES string of the molecule is N#Cc1cccc2c1oc1ccc(-c3nc(-c4ccccc4)nc(-c4ccccc4-c4ccc(C56C[C@H]7C[C@H](C5)C[C@@H](C6)C7)cc4)n3)cc12. The van der Waals surface area contributed by atoms with Crippen LogP contribution in [0, 0.1) is 29.1 Å². The Morgan fingerprint density at radius 2 is 1.20 bits per heavy atom. The first-order chi connectivity index (χ1) is 24.1. The van der Waals surface area contributed by atoms with Gasteiger partial charge in [0.05, 0.1) is 5.56 Å². The fraction of sp³-hybridized carbons (Fsp3) is 0.227. The van der Waals surface area contributed by atoms with Crippen molar-refractivity contribution < 1.29 is 4.42 Å². The van der Waals surface area contributed by atoms with Crippen LogP contribution >= 0.6 is 0 Å². The van der Waals surface area contributed by atoms with E-state index < -0.39 is 0 Å². The lowest BCUT2D eigenvalue weighted by Crippen LogP contribution is -2.48. The minimum Gasteiger partial charge on any atom is -0.455 e. The molecule has 5 nitrogen and oxygen atoms in total. The number of nitrogens with zero attached hydrogens (tertiary/aromatic N) is 4. The largest absolute Gasteiger partial charge is 0.455 e. The molecule has 0 spiro atoms. The lowest BCUT2D eigenvalue weighted by molar-refractivity contribution is -0.00518. The van der Waals surface area contributed by atoms with Crippen LogP contribution in [0.1, 0.15) is 49.7 Å². The smallest absolute Gasteiger partial charge is 0.164 e. The maximum Gasteiger partial charge on any atom is 0.164 e. The molecule has 4 saturated carbocycles. The van der Waals surface area contributed by atoms with Crippen LogP contribution in [0.15, 0.2) is 120 Å². The number of benzene rings is 5. The molecule has 11 rings (SSSR count). The van der Waals surface area contributed by atoms with Gasteiger partial charge in [-0.05, 0) is 103 Å². The Balaban J connectivity index is 1.08. The highest BCUT2D eigenvalue weighted by Crippen LogP contribution is 2.60. The number of hydrogen-bond acceptors (Lipinski definition) is 5. The van der Waals surface area contributed by atoms with Crippen LogP contribution < -0.4 is 0 Å². The van der Waals surface area contributed by atoms with Crippen molar-refractivity contribution in [2.45, 2.75) is 43.9 Å². The Kier molecular flexibility index (Phi) is 6.36. The molecule has 4 bridgehead atoms. The molecule has 5 aromatic carbocycles. The Labute approximate surface area is 285 Å². The van der Waals surface area contributed by atoms with Gasteiger partial charge in [0.15, 0.2) is 23.1 Å². The molecule has 2 heterocycles. The second kappa shape index (κ2) is 11.0. The summed E-state index contributed by atoms with van der Waals surface area (Å²) in [6.07, 6.45) is 8.47. The van der Waals surface area contributed by atoms with Crippen LogP contribution in [0.5, 0.6) is 0 Å². The summed E-state index contributed by atoms with van der Waals surface area (Å²) in [6, 6.07) is 41.9. The van der Waals surface area contributed by atoms with Gasteiger partial charge in [-0.15, -0.1) is 0 Å². The van der Waals surface area contributed by atoms with Crippen molar-refractivity contribution >= 4 is 21.9 Å². The van der Waals surface area contributed by atoms with Crippen LogP contribution in [0.2, 0.25) is 0 Å². The number of para-hydroxylation sites is 1. The molecule has 4 fully saturated rings. The highest BCUT2D eigenvalue weighted by atomic mass is 16.3. The Bertz CT molecular complexity index is 2400. The Morgan fingerprint density at radius 1 is 0.571 bits per heavy atom. The molecule has 0 unspecified atom stereocenters. The van der Waals surface area contributed by atoms with Gasteiger partial charge in [0.2, 0.25) is 0 Å². The van der Waals surface area contributed by atoms with E-state index in [0.717, 1.165) is 56.4 Å². The van der Waals surface area contributed by atoms with E-state index in [0.29, 0.717) is 34.0 Å². The lowest BCUT2D eigenvalue weighted by atomic mass is 9.48. The van der Waals surface area contributed by atoms with Gasteiger partial charge < -0.3 is 4.42 Å². The van der Waals surface area contributed by atoms with Crippen LogP contribution in [-0.4, -0.2) is 15.0 Å². The second-order valence-corrected chi connectivity index (χ2v) is 14.6. The first kappa shape index (κ1) is 28.4. The maximum atomic E-state index is 9.66. The molecule has 0 aliphatic heterocycles. The summed E-state index contributed by atoms with van der Waals surface area (Å²) in [7, 11) is 0. The molecule has 0 atom stereocenters. The minimum absolute atomic E-state index is 0.373. The van der Waals surface area contributed by atoms with Gasteiger partial charge in [-0.25, -0.2) is 15.0 Å². The van der Waals surface area contributed by atoms with E-state index in [2.05, 4.69) is 60.7 Å². The first-order valence-electron chi connectivity index (χ1n) is 17.5. The van der Waals surface area contributed by atoms with E-state index in [1.165, 1.54) is 49.7 Å². The van der Waals surface area contributed by atoms with E-state index >= 15 is 0 Å². The monoisotopic (exact) mass is 634 g/mol. The summed E-state index contributed by atoms with van der Waals surface area (Å²) in [5.41, 5.74) is 8.79. The van der Waals surface area contributed by atoms with Crippen molar-refractivity contribution in [3.8, 4) is 51.4 Å². The highest BCUT2D eigenvalue weighted by molar-refractivity contribution is 6.07. The van der Waals surface area contributed by atoms with E-state index in [1.807, 2.05) is 54.6 Å². The van der Waals surface area contributed by atoms with E-state index in [9.17, 15) is 5.26 Å². The summed E-state index contributed by atoms with van der Waals surface area (Å²) >= 11 is 0. The minimum atomic E-state index is 0.373. The fourth-order valence-corrected chi connectivity index (χ4v) is 9.76. The summed E-state index contributed by atoms with van der Waals surface area (Å²) in [6.45, 7) is 0. The normalized spacial score (nSPS) is 22.5. The average molecular weight is 635 g/mol. The molecule has 7 aromatic rings. The number of fused-ring (bicyclic) bond motifs is 3. The second-order valence-electron chi connectivity index (χ2n) is 14.6. The van der Waals surface area contributed by atoms with Gasteiger partial charge in [0.25, 0.3) is 0 Å². The van der Waals surface area contributed by atoms with E-state index in [4.69, 9.17) is 19.4 Å². The van der Waals surface area contributed by atoms with Crippen molar-refractivity contribution in [1.29, 1.82) is 5.26 Å². The molecule has 2 aromatic heterocycles. The van der Waals surface area contributed by atoms with Crippen LogP contribution in [0.25, 0.3) is 67.2 Å². The zero-order valence-corrected chi connectivity index (χ0v) is 27.1. The van der Waals surface area contributed by atoms with Crippen LogP contribution in [0.3, 0.4) is 0 Å². The fourth-order valence-electron chi connectivity index (χ4n) is 9.76. The molecule has 4 aliphatic rings. The first-order valence-corrected chi connectivity index (χ1v) is 17.5. The standard InChI is InChI=1S/C44H34N4O/c45-26-33-9-6-12-36-38-22-32(15-18-39(38)49-40(33)36)42-46-41(31-7-2-1-3-8-31)47-43(48-42)37-11-5-4-10-35(37)30-13-16-34(17-14-30)44-23-27-19-28(24-44)21-29(20-27)25-44/h1-18,22,27-29H,19-21,23-25H2/t27-,28-,29-,44?. The zero-order chi connectivity index (χ0) is 32.5. The van der Waals surface area contributed by atoms with E-state index in [-0.39, 0.29) is 0 Å². The Hall–Kier alpha value is -5.60. The third kappa shape index (κ3) is 4.70. The average Bonchev–Trinajstić information content (AvgIpc) is 3.53. The third-order valence-electron chi connectivity index (χ3n) is 11.6. The molecule has 0 radical (unpaired) electrons. The van der Waals surface area contributed by atoms with Gasteiger partial charge in [-0.3, -0.25) is 0 Å². The van der Waals surface area contributed by atoms with Gasteiger partial charge in [-0.2, -0.15) is 5.26 Å². The predicted octanol–water partition coefficient (Wildman–Crippen LogP) is 10.8. The summed E-state index contributed by atoms with van der Waals surface area (Å²) in [5.74, 6) is 4.61. The molecule has 236 valence electrons. The number of aromatic nitrogens is 3. The van der Waals surface area contributed by atoms with Crippen molar-refractivity contribution in [2.75, 3.05) is 0 Å². The maximum absolute atomic E-state index is 9.66. The number of hydrogen-bond donors (Lipinski definition) is 0. The van der Waals surface area contributed by atoms with Crippen molar-refractivity contribution in [3.05, 3.63) is 126 Å². The van der Waals surface area contributed by atoms with Crippen molar-refractivity contribution in [1.82, 2.24) is 15.0 Å². The van der Waals surface area contributed by atoms with Gasteiger partial charge >= 0.3 is 0 Å². The molecular weight excluding hydrogens is 601 g/mol. The van der Waals surface area contributed by atoms with E-state index in [1.54, 1.807) is 6.07 Å². The summed E-state index contributed by atoms with van der Waals surface area (Å²) < 4.78 is 6.12. The highest BCUT2D eigenvalue weighted by Gasteiger charge is 2.51. The molecule has 4 aliphatic carbocycles. The quantitative estimate of drug-likeness (QED) is 0.188. The van der Waals surface area contributed by atoms with Crippen molar-refractivity contribution in [3.63, 3.8) is 0 Å². The van der Waals surface area contributed by atoms with Gasteiger partial charge in [0, 0.05) is 27.5 Å². The number of rotatable bonds is 5. The van der Waals surface area contributed by atoms with Crippen molar-refractivity contribution in [2.24, 2.45) is 17.8 Å². The third-order valence-corrected chi connectivity index (χ3v) is 11.6. The molecule has 0 saturated heterocycles. The van der Waals surface area contributed by atoms with Gasteiger partial charge in [-0.1, -0.05) is 91.0 Å². The van der Waals surface area contributed by atoms with Crippen LogP contribution in [0.4, 0.5) is 0 Å². The molecule has 0 amide bonds. The predicted molar refractivity (Wildman–Crippen MR) is 193 cm³/mol. The summed E-state index contributed by atoms with van der Waals surface area (Å²) in [4.78, 5) is 15.2. The van der Waals surface area contributed by atoms with Gasteiger partial charge in [0.1, 0.15) is 11.7 Å². The molecule has 0 N–H and O–H groups in total. The lowest BCUT2D eigenvalue weighted by Gasteiger charge is -2.57. The topological polar surface area (TPSA) is 75.6 Å². The number of nitriles is 1. The molecule has 5 heteroatoms. The summed E-state index contributed by atoms with van der Waals surface area (Å²) in [5, 5.41) is 11.5. The molecule has 49 heavy (non-hydrogen) atoms. The van der Waals surface area contributed by atoms with Crippen LogP contribution in [-0.2, 0) is 5.41 Å². The Morgan fingerprint density at radius 3 is 1.92 bits per heavy atom. The number of furan rings is 1. The molecular formula is C44H34N4O. The zero-order valence-electron chi connectivity index (χ0n) is 27.1.